The number of aryl methyl sites for hydroxylation is 2. The largest absolute Gasteiger partial charge is 0.478 e. The Bertz CT molecular complexity index is 2490. The molecule has 2 aliphatic heterocycles. The van der Waals surface area contributed by atoms with E-state index in [1.807, 2.05) is 49.6 Å². The zero-order valence-corrected chi connectivity index (χ0v) is 33.9. The van der Waals surface area contributed by atoms with Gasteiger partial charge in [-0.25, -0.2) is 19.6 Å². The maximum absolute atomic E-state index is 12.8. The molecule has 0 spiro atoms. The molecule has 60 heavy (non-hydrogen) atoms. The van der Waals surface area contributed by atoms with Gasteiger partial charge in [-0.1, -0.05) is 24.3 Å². The van der Waals surface area contributed by atoms with Crippen LogP contribution in [-0.4, -0.2) is 93.5 Å². The number of nitrogens with one attached hydrogen (secondary N) is 2. The van der Waals surface area contributed by atoms with E-state index in [2.05, 4.69) is 10.6 Å². The number of pyridine rings is 2. The minimum atomic E-state index is -0.997. The van der Waals surface area contributed by atoms with Crippen molar-refractivity contribution in [3.05, 3.63) is 139 Å². The lowest BCUT2D eigenvalue weighted by Crippen LogP contribution is -2.37. The van der Waals surface area contributed by atoms with Gasteiger partial charge in [-0.05, 0) is 75.2 Å². The number of para-hydroxylation sites is 2. The Morgan fingerprint density at radius 3 is 1.35 bits per heavy atom. The summed E-state index contributed by atoms with van der Waals surface area (Å²) in [6.07, 6.45) is 3.55. The standard InChI is InChI=1S/2C22H24N4O4/c2*1-14-11-17(15(2)23-18-6-4-3-5-16(18)22(28)29)21-24-19(12-20(27)26(21)13-14)25-7-9-30-10-8-25/h2*3-6,11-13,15,23H,7-10H2,1-2H3,(H,28,29)/t2*15-/m11/s1. The molecule has 8 rings (SSSR count). The smallest absolute Gasteiger partial charge is 0.337 e. The summed E-state index contributed by atoms with van der Waals surface area (Å²) in [6.45, 7) is 12.9. The Labute approximate surface area is 345 Å². The van der Waals surface area contributed by atoms with Crippen molar-refractivity contribution in [1.29, 1.82) is 0 Å². The average Bonchev–Trinajstić information content (AvgIpc) is 3.24. The van der Waals surface area contributed by atoms with Gasteiger partial charge in [0, 0.05) is 73.2 Å². The topological polar surface area (TPSA) is 192 Å². The van der Waals surface area contributed by atoms with E-state index in [9.17, 15) is 29.4 Å². The molecule has 312 valence electrons. The van der Waals surface area contributed by atoms with E-state index in [1.165, 1.54) is 0 Å². The molecule has 2 aliphatic rings. The van der Waals surface area contributed by atoms with Crippen LogP contribution in [0.15, 0.2) is 94.8 Å². The van der Waals surface area contributed by atoms with E-state index in [0.717, 1.165) is 22.3 Å². The summed E-state index contributed by atoms with van der Waals surface area (Å²) in [5.41, 5.74) is 5.72. The zero-order chi connectivity index (χ0) is 42.5. The Morgan fingerprint density at radius 2 is 0.983 bits per heavy atom. The quantitative estimate of drug-likeness (QED) is 0.137. The van der Waals surface area contributed by atoms with Crippen molar-refractivity contribution < 1.29 is 29.3 Å². The second-order valence-corrected chi connectivity index (χ2v) is 14.9. The fraction of sp³-hybridized carbons (Fsp3) is 0.318. The van der Waals surface area contributed by atoms with Gasteiger partial charge in [0.15, 0.2) is 0 Å². The van der Waals surface area contributed by atoms with Crippen LogP contribution in [0.1, 0.15) is 68.9 Å². The van der Waals surface area contributed by atoms with Gasteiger partial charge < -0.3 is 40.1 Å². The molecule has 4 aromatic heterocycles. The molecule has 16 nitrogen and oxygen atoms in total. The first-order chi connectivity index (χ1) is 28.9. The molecule has 0 amide bonds. The SMILES string of the molecule is Cc1cc([C@@H](C)Nc2ccccc2C(=O)O)c2nc(N3CCOCC3)cc(=O)n2c1.Cc1cc([C@@H](C)Nc2ccccc2C(=O)O)c2nc(N3CCOCC3)cc(=O)n2c1. The Hall–Kier alpha value is -6.78. The van der Waals surface area contributed by atoms with Crippen LogP contribution in [0.25, 0.3) is 11.3 Å². The van der Waals surface area contributed by atoms with Crippen LogP contribution in [-0.2, 0) is 9.47 Å². The molecule has 0 unspecified atom stereocenters. The van der Waals surface area contributed by atoms with Gasteiger partial charge in [-0.2, -0.15) is 0 Å². The third kappa shape index (κ3) is 9.09. The van der Waals surface area contributed by atoms with Crippen LogP contribution in [0.5, 0.6) is 0 Å². The number of aromatic carboxylic acids is 2. The van der Waals surface area contributed by atoms with E-state index in [4.69, 9.17) is 19.4 Å². The first-order valence-electron chi connectivity index (χ1n) is 19.8. The highest BCUT2D eigenvalue weighted by atomic mass is 16.5. The fourth-order valence-electron chi connectivity index (χ4n) is 7.48. The maximum Gasteiger partial charge on any atom is 0.337 e. The second kappa shape index (κ2) is 18.0. The number of benzene rings is 2. The van der Waals surface area contributed by atoms with Crippen LogP contribution in [0.2, 0.25) is 0 Å². The fourth-order valence-corrected chi connectivity index (χ4v) is 7.48. The van der Waals surface area contributed by atoms with Crippen molar-refractivity contribution >= 4 is 46.2 Å². The normalized spacial score (nSPS) is 15.2. The molecule has 0 bridgehead atoms. The molecule has 6 heterocycles. The zero-order valence-electron chi connectivity index (χ0n) is 33.9. The number of fused-ring (bicyclic) bond motifs is 2. The predicted octanol–water partition coefficient (Wildman–Crippen LogP) is 5.42. The minimum Gasteiger partial charge on any atom is -0.478 e. The van der Waals surface area contributed by atoms with E-state index in [1.54, 1.807) is 81.9 Å². The molecule has 0 radical (unpaired) electrons. The highest BCUT2D eigenvalue weighted by molar-refractivity contribution is 5.95. The van der Waals surface area contributed by atoms with Gasteiger partial charge in [0.2, 0.25) is 0 Å². The van der Waals surface area contributed by atoms with Crippen LogP contribution in [0, 0.1) is 13.8 Å². The lowest BCUT2D eigenvalue weighted by Gasteiger charge is -2.28. The highest BCUT2D eigenvalue weighted by Gasteiger charge is 2.21. The summed E-state index contributed by atoms with van der Waals surface area (Å²) < 4.78 is 13.9. The van der Waals surface area contributed by atoms with E-state index < -0.39 is 11.9 Å². The lowest BCUT2D eigenvalue weighted by atomic mass is 10.1. The summed E-state index contributed by atoms with van der Waals surface area (Å²) >= 11 is 0. The highest BCUT2D eigenvalue weighted by Crippen LogP contribution is 2.28. The number of ether oxygens (including phenoxy) is 2. The number of hydrogen-bond donors (Lipinski definition) is 4. The molecule has 2 fully saturated rings. The Balaban J connectivity index is 0.000000181. The van der Waals surface area contributed by atoms with Crippen molar-refractivity contribution in [3.8, 4) is 0 Å². The maximum atomic E-state index is 12.8. The van der Waals surface area contributed by atoms with Crippen molar-refractivity contribution in [2.75, 3.05) is 73.0 Å². The molecule has 2 saturated heterocycles. The van der Waals surface area contributed by atoms with E-state index >= 15 is 0 Å². The molecular weight excluding hydrogens is 769 g/mol. The average molecular weight is 817 g/mol. The predicted molar refractivity (Wildman–Crippen MR) is 229 cm³/mol. The van der Waals surface area contributed by atoms with E-state index in [0.29, 0.717) is 86.9 Å². The van der Waals surface area contributed by atoms with Crippen molar-refractivity contribution in [2.24, 2.45) is 0 Å². The number of carbonyl (C=O) groups is 2. The lowest BCUT2D eigenvalue weighted by molar-refractivity contribution is 0.0687. The van der Waals surface area contributed by atoms with Crippen LogP contribution >= 0.6 is 0 Å². The molecule has 0 aliphatic carbocycles. The van der Waals surface area contributed by atoms with Gasteiger partial charge in [-0.3, -0.25) is 18.4 Å². The van der Waals surface area contributed by atoms with Gasteiger partial charge >= 0.3 is 11.9 Å². The molecule has 6 aromatic rings. The monoisotopic (exact) mass is 816 g/mol. The Kier molecular flexibility index (Phi) is 12.4. The summed E-state index contributed by atoms with van der Waals surface area (Å²) in [4.78, 5) is 62.5. The second-order valence-electron chi connectivity index (χ2n) is 14.9. The summed E-state index contributed by atoms with van der Waals surface area (Å²) in [5.74, 6) is -0.732. The van der Waals surface area contributed by atoms with Crippen molar-refractivity contribution in [2.45, 2.75) is 39.8 Å². The minimum absolute atomic E-state index is 0.149. The van der Waals surface area contributed by atoms with Crippen molar-refractivity contribution in [1.82, 2.24) is 18.8 Å². The number of rotatable bonds is 10. The van der Waals surface area contributed by atoms with Gasteiger partial charge in [0.25, 0.3) is 11.1 Å². The van der Waals surface area contributed by atoms with Gasteiger partial charge in [0.05, 0.1) is 49.6 Å². The summed E-state index contributed by atoms with van der Waals surface area (Å²) in [6, 6.07) is 20.1. The molecule has 2 atom stereocenters. The molecular formula is C44H48N8O8. The number of hydrogen-bond acceptors (Lipinski definition) is 12. The number of morpholine rings is 2. The number of nitrogens with zero attached hydrogens (tertiary/aromatic N) is 6. The van der Waals surface area contributed by atoms with E-state index in [-0.39, 0.29) is 34.3 Å². The molecule has 4 N–H and O–H groups in total. The van der Waals surface area contributed by atoms with Gasteiger partial charge in [0.1, 0.15) is 22.9 Å². The Morgan fingerprint density at radius 1 is 0.617 bits per heavy atom. The summed E-state index contributed by atoms with van der Waals surface area (Å²) in [7, 11) is 0. The first-order valence-corrected chi connectivity index (χ1v) is 19.8. The van der Waals surface area contributed by atoms with Crippen molar-refractivity contribution in [3.63, 3.8) is 0 Å². The molecule has 16 heteroatoms. The molecule has 2 aromatic carbocycles. The summed E-state index contributed by atoms with van der Waals surface area (Å²) in [5, 5.41) is 25.5. The van der Waals surface area contributed by atoms with Gasteiger partial charge in [-0.15, -0.1) is 0 Å². The number of aromatic nitrogens is 4. The van der Waals surface area contributed by atoms with Crippen LogP contribution in [0.4, 0.5) is 23.0 Å². The number of carboxylic acid groups (broad SMARTS) is 2. The molecule has 0 saturated carbocycles. The number of carboxylic acids is 2. The first kappa shape index (κ1) is 41.4. The number of anilines is 4. The van der Waals surface area contributed by atoms with Crippen LogP contribution in [0.3, 0.4) is 0 Å². The van der Waals surface area contributed by atoms with Crippen LogP contribution < -0.4 is 31.6 Å². The third-order valence-electron chi connectivity index (χ3n) is 10.5. The third-order valence-corrected chi connectivity index (χ3v) is 10.5.